The fourth-order valence-corrected chi connectivity index (χ4v) is 1.28. The van der Waals surface area contributed by atoms with Gasteiger partial charge in [0.2, 0.25) is 0 Å². The van der Waals surface area contributed by atoms with Crippen LogP contribution in [0.3, 0.4) is 0 Å². The van der Waals surface area contributed by atoms with E-state index in [2.05, 4.69) is 17.8 Å². The summed E-state index contributed by atoms with van der Waals surface area (Å²) in [5.41, 5.74) is 2.05. The molecule has 0 aliphatic rings. The van der Waals surface area contributed by atoms with Crippen LogP contribution in [-0.4, -0.2) is 5.16 Å². The van der Waals surface area contributed by atoms with Crippen molar-refractivity contribution in [2.24, 2.45) is 0 Å². The number of hydrogen-bond donors (Lipinski definition) is 0. The fourth-order valence-electron chi connectivity index (χ4n) is 1.28. The van der Waals surface area contributed by atoms with Gasteiger partial charge in [-0.25, -0.2) is 0 Å². The number of hydrogen-bond acceptors (Lipinski definition) is 2. The highest BCUT2D eigenvalue weighted by Gasteiger charge is 2.01. The zero-order chi connectivity index (χ0) is 8.39. The third-order valence-corrected chi connectivity index (χ3v) is 1.85. The average molecular weight is 159 g/mol. The smallest absolute Gasteiger partial charge is 0.167 e. The van der Waals surface area contributed by atoms with E-state index >= 15 is 0 Å². The molecule has 1 heterocycles. The predicted molar refractivity (Wildman–Crippen MR) is 47.9 cm³/mol. The number of benzene rings is 1. The Balaban J connectivity index is 2.65. The summed E-state index contributed by atoms with van der Waals surface area (Å²) in [6.07, 6.45) is 4.48. The average Bonchev–Trinajstić information content (AvgIpc) is 2.53. The number of allylic oxidation sites excluding steroid dienone is 1. The Morgan fingerprint density at radius 1 is 1.50 bits per heavy atom. The Labute approximate surface area is 70.5 Å². The molecular weight excluding hydrogens is 150 g/mol. The minimum absolute atomic E-state index is 0.842. The van der Waals surface area contributed by atoms with Crippen molar-refractivity contribution >= 4 is 11.0 Å². The molecule has 0 aliphatic heterocycles. The summed E-state index contributed by atoms with van der Waals surface area (Å²) in [5, 5.41) is 4.82. The lowest BCUT2D eigenvalue weighted by molar-refractivity contribution is 0.456. The summed E-state index contributed by atoms with van der Waals surface area (Å²) < 4.78 is 5.02. The molecular formula is C10H9NO. The van der Waals surface area contributed by atoms with E-state index in [-0.39, 0.29) is 0 Å². The van der Waals surface area contributed by atoms with Crippen LogP contribution in [0, 0.1) is 0 Å². The maximum atomic E-state index is 5.02. The van der Waals surface area contributed by atoms with Gasteiger partial charge in [0.05, 0.1) is 6.20 Å². The first-order chi connectivity index (χ1) is 5.92. The minimum Gasteiger partial charge on any atom is -0.356 e. The zero-order valence-corrected chi connectivity index (χ0v) is 6.66. The van der Waals surface area contributed by atoms with Gasteiger partial charge in [-0.3, -0.25) is 0 Å². The Morgan fingerprint density at radius 3 is 3.25 bits per heavy atom. The lowest BCUT2D eigenvalue weighted by Crippen LogP contribution is -1.79. The first-order valence-corrected chi connectivity index (χ1v) is 3.85. The standard InChI is InChI=1S/C10H9NO/c1-2-4-8-5-3-6-10-9(8)7-11-12-10/h2-3,5-7H,1,4H2. The quantitative estimate of drug-likeness (QED) is 0.629. The van der Waals surface area contributed by atoms with Crippen molar-refractivity contribution in [3.8, 4) is 0 Å². The molecule has 0 amide bonds. The molecule has 1 aromatic heterocycles. The number of aromatic nitrogens is 1. The molecule has 0 saturated heterocycles. The number of rotatable bonds is 2. The molecule has 0 aliphatic carbocycles. The van der Waals surface area contributed by atoms with Crippen LogP contribution in [0.1, 0.15) is 5.56 Å². The Morgan fingerprint density at radius 2 is 2.42 bits per heavy atom. The molecule has 2 rings (SSSR count). The van der Waals surface area contributed by atoms with Crippen molar-refractivity contribution in [1.29, 1.82) is 0 Å². The van der Waals surface area contributed by atoms with Crippen LogP contribution in [-0.2, 0) is 6.42 Å². The number of nitrogens with zero attached hydrogens (tertiary/aromatic N) is 1. The summed E-state index contributed by atoms with van der Waals surface area (Å²) in [5.74, 6) is 0. The number of fused-ring (bicyclic) bond motifs is 1. The lowest BCUT2D eigenvalue weighted by atomic mass is 10.1. The molecule has 2 aromatic rings. The molecule has 1 aromatic carbocycles. The van der Waals surface area contributed by atoms with Crippen LogP contribution in [0.25, 0.3) is 11.0 Å². The lowest BCUT2D eigenvalue weighted by Gasteiger charge is -1.95. The molecule has 0 bridgehead atoms. The summed E-state index contributed by atoms with van der Waals surface area (Å²) >= 11 is 0. The van der Waals surface area contributed by atoms with Crippen molar-refractivity contribution in [3.63, 3.8) is 0 Å². The topological polar surface area (TPSA) is 26.0 Å². The van der Waals surface area contributed by atoms with E-state index in [1.807, 2.05) is 18.2 Å². The van der Waals surface area contributed by atoms with Gasteiger partial charge >= 0.3 is 0 Å². The zero-order valence-electron chi connectivity index (χ0n) is 6.66. The fraction of sp³-hybridized carbons (Fsp3) is 0.100. The van der Waals surface area contributed by atoms with Gasteiger partial charge in [-0.15, -0.1) is 6.58 Å². The molecule has 0 N–H and O–H groups in total. The molecule has 0 spiro atoms. The van der Waals surface area contributed by atoms with E-state index in [1.54, 1.807) is 6.20 Å². The summed E-state index contributed by atoms with van der Waals surface area (Å²) in [4.78, 5) is 0. The maximum absolute atomic E-state index is 5.02. The minimum atomic E-state index is 0.842. The normalized spacial score (nSPS) is 10.3. The van der Waals surface area contributed by atoms with E-state index in [0.29, 0.717) is 0 Å². The monoisotopic (exact) mass is 159 g/mol. The van der Waals surface area contributed by atoms with Gasteiger partial charge in [0, 0.05) is 5.39 Å². The van der Waals surface area contributed by atoms with Gasteiger partial charge in [0.1, 0.15) is 0 Å². The van der Waals surface area contributed by atoms with Crippen LogP contribution in [0.2, 0.25) is 0 Å². The molecule has 0 radical (unpaired) electrons. The van der Waals surface area contributed by atoms with Gasteiger partial charge < -0.3 is 4.52 Å². The second kappa shape index (κ2) is 2.81. The second-order valence-electron chi connectivity index (χ2n) is 2.65. The van der Waals surface area contributed by atoms with E-state index < -0.39 is 0 Å². The van der Waals surface area contributed by atoms with Gasteiger partial charge in [-0.05, 0) is 18.1 Å². The largest absolute Gasteiger partial charge is 0.356 e. The van der Waals surface area contributed by atoms with Crippen molar-refractivity contribution in [2.45, 2.75) is 6.42 Å². The van der Waals surface area contributed by atoms with Crippen molar-refractivity contribution < 1.29 is 4.52 Å². The molecule has 60 valence electrons. The highest BCUT2D eigenvalue weighted by atomic mass is 16.5. The van der Waals surface area contributed by atoms with Crippen LogP contribution >= 0.6 is 0 Å². The molecule has 0 atom stereocenters. The van der Waals surface area contributed by atoms with Crippen LogP contribution < -0.4 is 0 Å². The summed E-state index contributed by atoms with van der Waals surface area (Å²) in [7, 11) is 0. The van der Waals surface area contributed by atoms with Crippen LogP contribution in [0.4, 0.5) is 0 Å². The maximum Gasteiger partial charge on any atom is 0.167 e. The first kappa shape index (κ1) is 7.10. The molecule has 0 saturated carbocycles. The van der Waals surface area contributed by atoms with Crippen LogP contribution in [0.5, 0.6) is 0 Å². The Hall–Kier alpha value is -1.57. The van der Waals surface area contributed by atoms with Crippen molar-refractivity contribution in [1.82, 2.24) is 5.16 Å². The van der Waals surface area contributed by atoms with Crippen molar-refractivity contribution in [2.75, 3.05) is 0 Å². The Kier molecular flexibility index (Phi) is 1.67. The Bertz CT molecular complexity index is 403. The molecule has 12 heavy (non-hydrogen) atoms. The molecule has 0 fully saturated rings. The van der Waals surface area contributed by atoms with E-state index in [9.17, 15) is 0 Å². The van der Waals surface area contributed by atoms with Crippen molar-refractivity contribution in [3.05, 3.63) is 42.6 Å². The van der Waals surface area contributed by atoms with E-state index in [0.717, 1.165) is 17.4 Å². The first-order valence-electron chi connectivity index (χ1n) is 3.85. The highest BCUT2D eigenvalue weighted by Crippen LogP contribution is 2.18. The van der Waals surface area contributed by atoms with Gasteiger partial charge in [0.15, 0.2) is 5.58 Å². The molecule has 2 nitrogen and oxygen atoms in total. The van der Waals surface area contributed by atoms with Gasteiger partial charge in [-0.2, -0.15) is 0 Å². The highest BCUT2D eigenvalue weighted by molar-refractivity contribution is 5.79. The van der Waals surface area contributed by atoms with E-state index in [4.69, 9.17) is 4.52 Å². The predicted octanol–water partition coefficient (Wildman–Crippen LogP) is 2.56. The van der Waals surface area contributed by atoms with Crippen LogP contribution in [0.15, 0.2) is 41.6 Å². The summed E-state index contributed by atoms with van der Waals surface area (Å²) in [6.45, 7) is 3.70. The van der Waals surface area contributed by atoms with E-state index in [1.165, 1.54) is 5.56 Å². The third-order valence-electron chi connectivity index (χ3n) is 1.85. The SMILES string of the molecule is C=CCc1cccc2oncc12. The van der Waals surface area contributed by atoms with Gasteiger partial charge in [-0.1, -0.05) is 23.4 Å². The molecule has 0 unspecified atom stereocenters. The van der Waals surface area contributed by atoms with Gasteiger partial charge in [0.25, 0.3) is 0 Å². The second-order valence-corrected chi connectivity index (χ2v) is 2.65. The molecule has 2 heteroatoms. The third kappa shape index (κ3) is 1.01. The summed E-state index contributed by atoms with van der Waals surface area (Å²) in [6, 6.07) is 5.93.